The molecular formula is C31H32ClN5O2S. The summed E-state index contributed by atoms with van der Waals surface area (Å²) in [5.41, 5.74) is 6.73. The van der Waals surface area contributed by atoms with Crippen molar-refractivity contribution in [1.29, 1.82) is 0 Å². The summed E-state index contributed by atoms with van der Waals surface area (Å²) in [7, 11) is 1.65. The first-order valence-corrected chi connectivity index (χ1v) is 13.9. The molecule has 2 atom stereocenters. The Morgan fingerprint density at radius 3 is 2.60 bits per heavy atom. The maximum atomic E-state index is 13.0. The first-order valence-electron chi connectivity index (χ1n) is 13.1. The fourth-order valence-corrected chi connectivity index (χ4v) is 5.93. The van der Waals surface area contributed by atoms with Gasteiger partial charge in [-0.25, -0.2) is 0 Å². The largest absolute Gasteiger partial charge is 0.495 e. The number of halogens is 1. The van der Waals surface area contributed by atoms with E-state index in [1.54, 1.807) is 13.3 Å². The average Bonchev–Trinajstić information content (AvgIpc) is 3.43. The lowest BCUT2D eigenvalue weighted by atomic mass is 9.96. The number of para-hydroxylation sites is 1. The summed E-state index contributed by atoms with van der Waals surface area (Å²) in [5.74, 6) is 0.662. The Morgan fingerprint density at radius 1 is 1.10 bits per heavy atom. The Labute approximate surface area is 245 Å². The molecule has 0 spiro atoms. The van der Waals surface area contributed by atoms with Gasteiger partial charge in [0.2, 0.25) is 5.91 Å². The summed E-state index contributed by atoms with van der Waals surface area (Å²) in [6, 6.07) is 21.0. The maximum Gasteiger partial charge on any atom is 0.226 e. The Kier molecular flexibility index (Phi) is 8.09. The van der Waals surface area contributed by atoms with E-state index in [9.17, 15) is 4.79 Å². The molecule has 3 heterocycles. The fraction of sp³-hybridized carbons (Fsp3) is 0.258. The van der Waals surface area contributed by atoms with Gasteiger partial charge in [-0.1, -0.05) is 35.9 Å². The number of hydrogen-bond acceptors (Lipinski definition) is 4. The second-order valence-corrected chi connectivity index (χ2v) is 10.7. The number of benzene rings is 2. The van der Waals surface area contributed by atoms with Crippen LogP contribution >= 0.6 is 23.8 Å². The van der Waals surface area contributed by atoms with Crippen LogP contribution in [0.15, 0.2) is 72.9 Å². The van der Waals surface area contributed by atoms with E-state index in [-0.39, 0.29) is 24.4 Å². The molecule has 7 nitrogen and oxygen atoms in total. The highest BCUT2D eigenvalue weighted by atomic mass is 35.5. The van der Waals surface area contributed by atoms with E-state index in [2.05, 4.69) is 45.0 Å². The summed E-state index contributed by atoms with van der Waals surface area (Å²) >= 11 is 12.2. The Bertz CT molecular complexity index is 1550. The minimum atomic E-state index is -0.191. The molecule has 4 aromatic rings. The van der Waals surface area contributed by atoms with Crippen LogP contribution in [0, 0.1) is 20.8 Å². The summed E-state index contributed by atoms with van der Waals surface area (Å²) in [4.78, 5) is 19.7. The highest BCUT2D eigenvalue weighted by Gasteiger charge is 2.41. The number of carbonyl (C=O) groups is 1. The lowest BCUT2D eigenvalue weighted by molar-refractivity contribution is -0.116. The van der Waals surface area contributed by atoms with Crippen molar-refractivity contribution in [2.45, 2.75) is 39.3 Å². The number of hydrogen-bond donors (Lipinski definition) is 2. The molecule has 9 heteroatoms. The van der Waals surface area contributed by atoms with Crippen molar-refractivity contribution >= 4 is 40.5 Å². The van der Waals surface area contributed by atoms with Gasteiger partial charge in [0.05, 0.1) is 30.6 Å². The molecule has 206 valence electrons. The van der Waals surface area contributed by atoms with Crippen molar-refractivity contribution < 1.29 is 9.53 Å². The summed E-state index contributed by atoms with van der Waals surface area (Å²) in [5, 5.41) is 7.74. The SMILES string of the molecule is COc1ccc(Cl)cc1-n1c(C)cc(C2C(c3ccccn3)NC(=S)N2CCC(=O)Nc2ccccc2C)c1C. The van der Waals surface area contributed by atoms with Gasteiger partial charge < -0.3 is 24.8 Å². The topological polar surface area (TPSA) is 71.4 Å². The zero-order valence-electron chi connectivity index (χ0n) is 22.9. The van der Waals surface area contributed by atoms with Crippen LogP contribution in [0.3, 0.4) is 0 Å². The quantitative estimate of drug-likeness (QED) is 0.236. The number of ether oxygens (including phenoxy) is 1. The number of aromatic nitrogens is 2. The third kappa shape index (κ3) is 5.42. The number of amides is 1. The zero-order chi connectivity index (χ0) is 28.4. The van der Waals surface area contributed by atoms with E-state index in [1.807, 2.05) is 67.6 Å². The monoisotopic (exact) mass is 573 g/mol. The molecule has 2 aromatic carbocycles. The molecule has 0 bridgehead atoms. The van der Waals surface area contributed by atoms with Gasteiger partial charge in [0.25, 0.3) is 0 Å². The third-order valence-corrected chi connectivity index (χ3v) is 7.95. The first-order chi connectivity index (χ1) is 19.3. The summed E-state index contributed by atoms with van der Waals surface area (Å²) in [6.45, 7) is 6.57. The van der Waals surface area contributed by atoms with Gasteiger partial charge in [-0.05, 0) is 86.6 Å². The predicted octanol–water partition coefficient (Wildman–Crippen LogP) is 6.46. The Hall–Kier alpha value is -3.88. The second kappa shape index (κ2) is 11.7. The van der Waals surface area contributed by atoms with Crippen LogP contribution in [0.5, 0.6) is 5.75 Å². The van der Waals surface area contributed by atoms with Crippen molar-refractivity contribution in [2.75, 3.05) is 19.0 Å². The van der Waals surface area contributed by atoms with Gasteiger partial charge in [0.1, 0.15) is 5.75 Å². The van der Waals surface area contributed by atoms with E-state index >= 15 is 0 Å². The summed E-state index contributed by atoms with van der Waals surface area (Å²) in [6.07, 6.45) is 2.07. The van der Waals surface area contributed by atoms with Crippen molar-refractivity contribution in [3.63, 3.8) is 0 Å². The first kappa shape index (κ1) is 27.7. The van der Waals surface area contributed by atoms with Gasteiger partial charge in [-0.15, -0.1) is 0 Å². The lowest BCUT2D eigenvalue weighted by Crippen LogP contribution is -2.33. The van der Waals surface area contributed by atoms with Gasteiger partial charge in [-0.2, -0.15) is 0 Å². The number of rotatable bonds is 8. The van der Waals surface area contributed by atoms with Crippen molar-refractivity contribution in [2.24, 2.45) is 0 Å². The molecule has 5 rings (SSSR count). The van der Waals surface area contributed by atoms with Crippen LogP contribution in [-0.2, 0) is 4.79 Å². The molecule has 1 fully saturated rings. The Balaban J connectivity index is 1.51. The van der Waals surface area contributed by atoms with E-state index < -0.39 is 0 Å². The number of carbonyl (C=O) groups excluding carboxylic acids is 1. The van der Waals surface area contributed by atoms with Gasteiger partial charge in [-0.3, -0.25) is 9.78 Å². The number of pyridine rings is 1. The molecule has 0 aliphatic carbocycles. The molecule has 1 amide bonds. The molecular weight excluding hydrogens is 542 g/mol. The second-order valence-electron chi connectivity index (χ2n) is 9.91. The smallest absolute Gasteiger partial charge is 0.226 e. The Morgan fingerprint density at radius 2 is 1.88 bits per heavy atom. The van der Waals surface area contributed by atoms with E-state index in [4.69, 9.17) is 28.6 Å². The van der Waals surface area contributed by atoms with Crippen LogP contribution in [-0.4, -0.2) is 39.1 Å². The number of anilines is 1. The van der Waals surface area contributed by atoms with E-state index in [0.29, 0.717) is 16.7 Å². The predicted molar refractivity (Wildman–Crippen MR) is 163 cm³/mol. The zero-order valence-corrected chi connectivity index (χ0v) is 24.5. The van der Waals surface area contributed by atoms with Gasteiger partial charge >= 0.3 is 0 Å². The molecule has 2 aromatic heterocycles. The van der Waals surface area contributed by atoms with Crippen LogP contribution in [0.4, 0.5) is 5.69 Å². The molecule has 0 saturated carbocycles. The number of aryl methyl sites for hydroxylation is 2. The van der Waals surface area contributed by atoms with Crippen LogP contribution in [0.1, 0.15) is 46.7 Å². The molecule has 1 aliphatic rings. The molecule has 0 radical (unpaired) electrons. The lowest BCUT2D eigenvalue weighted by Gasteiger charge is -2.28. The van der Waals surface area contributed by atoms with Gasteiger partial charge in [0, 0.05) is 41.3 Å². The third-order valence-electron chi connectivity index (χ3n) is 7.37. The minimum Gasteiger partial charge on any atom is -0.495 e. The minimum absolute atomic E-state index is 0.0636. The molecule has 1 aliphatic heterocycles. The van der Waals surface area contributed by atoms with Crippen LogP contribution in [0.25, 0.3) is 5.69 Å². The van der Waals surface area contributed by atoms with Crippen molar-refractivity contribution in [3.8, 4) is 11.4 Å². The number of thiocarbonyl (C=S) groups is 1. The molecule has 1 saturated heterocycles. The number of nitrogens with zero attached hydrogens (tertiary/aromatic N) is 3. The fourth-order valence-electron chi connectivity index (χ4n) is 5.43. The van der Waals surface area contributed by atoms with Gasteiger partial charge in [0.15, 0.2) is 5.11 Å². The highest BCUT2D eigenvalue weighted by molar-refractivity contribution is 7.80. The van der Waals surface area contributed by atoms with E-state index in [0.717, 1.165) is 45.3 Å². The van der Waals surface area contributed by atoms with Crippen LogP contribution in [0.2, 0.25) is 5.02 Å². The highest BCUT2D eigenvalue weighted by Crippen LogP contribution is 2.42. The standard InChI is InChI=1S/C31H32ClN5O2S/c1-19-9-5-6-10-24(19)34-28(38)14-16-36-30(29(35-31(36)40)25-11-7-8-15-33-25)23-17-20(2)37(21(23)3)26-18-22(32)12-13-27(26)39-4/h5-13,15,17-18,29-30H,14,16H2,1-4H3,(H,34,38)(H,35,40). The molecule has 2 N–H and O–H groups in total. The van der Waals surface area contributed by atoms with E-state index in [1.165, 1.54) is 0 Å². The van der Waals surface area contributed by atoms with Crippen molar-refractivity contribution in [1.82, 2.24) is 19.8 Å². The van der Waals surface area contributed by atoms with Crippen LogP contribution < -0.4 is 15.4 Å². The average molecular weight is 574 g/mol. The molecule has 40 heavy (non-hydrogen) atoms. The number of nitrogens with one attached hydrogen (secondary N) is 2. The number of methoxy groups -OCH3 is 1. The maximum absolute atomic E-state index is 13.0. The summed E-state index contributed by atoms with van der Waals surface area (Å²) < 4.78 is 7.83. The van der Waals surface area contributed by atoms with Crippen molar-refractivity contribution in [3.05, 3.63) is 106 Å². The normalized spacial score (nSPS) is 16.6. The molecule has 2 unspecified atom stereocenters.